The van der Waals surface area contributed by atoms with Gasteiger partial charge in [-0.05, 0) is 24.2 Å². The molecule has 130 valence electrons. The maximum Gasteiger partial charge on any atom is 0.256 e. The second-order valence-electron chi connectivity index (χ2n) is 6.06. The number of hydrazone groups is 1. The van der Waals surface area contributed by atoms with E-state index >= 15 is 0 Å². The number of carbonyl (C=O) groups excluding carboxylic acids is 1. The van der Waals surface area contributed by atoms with E-state index in [4.69, 9.17) is 23.2 Å². The summed E-state index contributed by atoms with van der Waals surface area (Å²) in [6.07, 6.45) is 0.777. The Balaban J connectivity index is 1.61. The van der Waals surface area contributed by atoms with Crippen LogP contribution in [0.1, 0.15) is 17.5 Å². The molecular weight excluding hydrogens is 357 g/mol. The van der Waals surface area contributed by atoms with Gasteiger partial charge in [0.2, 0.25) is 0 Å². The number of likely N-dealkylation sites (N-methyl/N-ethyl adjacent to an activating group) is 1. The van der Waals surface area contributed by atoms with E-state index in [1.807, 2.05) is 54.4 Å². The van der Waals surface area contributed by atoms with E-state index in [2.05, 4.69) is 5.10 Å². The summed E-state index contributed by atoms with van der Waals surface area (Å²) in [7, 11) is 1.88. The molecule has 0 saturated carbocycles. The topological polar surface area (TPSA) is 35.9 Å². The summed E-state index contributed by atoms with van der Waals surface area (Å²) in [6.45, 7) is 1.44. The molecule has 1 aliphatic heterocycles. The number of nitrogens with zero attached hydrogens (tertiary/aromatic N) is 3. The molecule has 2 aromatic rings. The SMILES string of the molecule is CN(CC(=O)N1CCC(c2ccccc2)=N1)Cc1cccc(Cl)c1Cl. The van der Waals surface area contributed by atoms with Crippen LogP contribution in [-0.2, 0) is 11.3 Å². The molecule has 0 unspecified atom stereocenters. The number of hydrogen-bond acceptors (Lipinski definition) is 3. The van der Waals surface area contributed by atoms with Crippen LogP contribution in [0.5, 0.6) is 0 Å². The fraction of sp³-hybridized carbons (Fsp3) is 0.263. The average Bonchev–Trinajstić information content (AvgIpc) is 3.10. The van der Waals surface area contributed by atoms with Gasteiger partial charge in [-0.2, -0.15) is 5.10 Å². The molecule has 4 nitrogen and oxygen atoms in total. The van der Waals surface area contributed by atoms with E-state index < -0.39 is 0 Å². The Kier molecular flexibility index (Phi) is 5.74. The smallest absolute Gasteiger partial charge is 0.256 e. The first kappa shape index (κ1) is 17.9. The fourth-order valence-corrected chi connectivity index (χ4v) is 3.18. The van der Waals surface area contributed by atoms with Crippen molar-refractivity contribution in [2.75, 3.05) is 20.1 Å². The Labute approximate surface area is 157 Å². The number of carbonyl (C=O) groups is 1. The summed E-state index contributed by atoms with van der Waals surface area (Å²) in [5, 5.41) is 7.09. The highest BCUT2D eigenvalue weighted by Crippen LogP contribution is 2.26. The van der Waals surface area contributed by atoms with Gasteiger partial charge in [0.05, 0.1) is 28.8 Å². The van der Waals surface area contributed by atoms with Gasteiger partial charge in [0.1, 0.15) is 0 Å². The Morgan fingerprint density at radius 3 is 2.68 bits per heavy atom. The van der Waals surface area contributed by atoms with E-state index in [0.717, 1.165) is 23.3 Å². The van der Waals surface area contributed by atoms with E-state index in [9.17, 15) is 4.79 Å². The van der Waals surface area contributed by atoms with Crippen molar-refractivity contribution < 1.29 is 4.79 Å². The average molecular weight is 376 g/mol. The number of benzene rings is 2. The minimum Gasteiger partial charge on any atom is -0.293 e. The zero-order valence-corrected chi connectivity index (χ0v) is 15.5. The Morgan fingerprint density at radius 1 is 1.16 bits per heavy atom. The normalized spacial score (nSPS) is 14.1. The number of hydrogen-bond donors (Lipinski definition) is 0. The molecule has 0 N–H and O–H groups in total. The fourth-order valence-electron chi connectivity index (χ4n) is 2.80. The Hall–Kier alpha value is -1.88. The van der Waals surface area contributed by atoms with E-state index in [1.165, 1.54) is 0 Å². The second kappa shape index (κ2) is 8.00. The number of rotatable bonds is 5. The van der Waals surface area contributed by atoms with Gasteiger partial charge in [-0.1, -0.05) is 65.7 Å². The van der Waals surface area contributed by atoms with Crippen molar-refractivity contribution >= 4 is 34.8 Å². The summed E-state index contributed by atoms with van der Waals surface area (Å²) in [6, 6.07) is 15.5. The summed E-state index contributed by atoms with van der Waals surface area (Å²) >= 11 is 12.2. The molecule has 0 radical (unpaired) electrons. The largest absolute Gasteiger partial charge is 0.293 e. The maximum atomic E-state index is 12.5. The zero-order valence-electron chi connectivity index (χ0n) is 14.0. The van der Waals surface area contributed by atoms with Gasteiger partial charge in [0.25, 0.3) is 5.91 Å². The predicted octanol–water partition coefficient (Wildman–Crippen LogP) is 4.06. The third-order valence-corrected chi connectivity index (χ3v) is 4.93. The van der Waals surface area contributed by atoms with Crippen LogP contribution >= 0.6 is 23.2 Å². The molecule has 3 rings (SSSR count). The predicted molar refractivity (Wildman–Crippen MR) is 102 cm³/mol. The molecule has 1 amide bonds. The molecule has 0 atom stereocenters. The van der Waals surface area contributed by atoms with Gasteiger partial charge in [0, 0.05) is 13.0 Å². The Bertz CT molecular complexity index is 793. The maximum absolute atomic E-state index is 12.5. The first-order valence-corrected chi connectivity index (χ1v) is 8.85. The van der Waals surface area contributed by atoms with Gasteiger partial charge in [0.15, 0.2) is 0 Å². The highest BCUT2D eigenvalue weighted by atomic mass is 35.5. The van der Waals surface area contributed by atoms with Gasteiger partial charge >= 0.3 is 0 Å². The molecule has 0 spiro atoms. The van der Waals surface area contributed by atoms with Crippen LogP contribution < -0.4 is 0 Å². The van der Waals surface area contributed by atoms with Crippen LogP contribution in [0.2, 0.25) is 10.0 Å². The van der Waals surface area contributed by atoms with Crippen molar-refractivity contribution in [1.29, 1.82) is 0 Å². The summed E-state index contributed by atoms with van der Waals surface area (Å²) < 4.78 is 0. The first-order valence-electron chi connectivity index (χ1n) is 8.09. The summed E-state index contributed by atoms with van der Waals surface area (Å²) in [5.74, 6) is -0.0217. The third kappa shape index (κ3) is 4.40. The number of halogens is 2. The molecule has 2 aromatic carbocycles. The summed E-state index contributed by atoms with van der Waals surface area (Å²) in [5.41, 5.74) is 2.92. The van der Waals surface area contributed by atoms with Gasteiger partial charge in [-0.25, -0.2) is 5.01 Å². The van der Waals surface area contributed by atoms with Crippen LogP contribution in [0.3, 0.4) is 0 Å². The minimum atomic E-state index is -0.0217. The summed E-state index contributed by atoms with van der Waals surface area (Å²) in [4.78, 5) is 14.4. The molecule has 25 heavy (non-hydrogen) atoms. The van der Waals surface area contributed by atoms with Crippen molar-refractivity contribution in [2.45, 2.75) is 13.0 Å². The molecule has 0 fully saturated rings. The van der Waals surface area contributed by atoms with Gasteiger partial charge in [-0.3, -0.25) is 9.69 Å². The van der Waals surface area contributed by atoms with Crippen LogP contribution in [0, 0.1) is 0 Å². The molecule has 0 saturated heterocycles. The van der Waals surface area contributed by atoms with E-state index in [-0.39, 0.29) is 12.5 Å². The lowest BCUT2D eigenvalue weighted by atomic mass is 10.1. The lowest BCUT2D eigenvalue weighted by Crippen LogP contribution is -2.34. The van der Waals surface area contributed by atoms with E-state index in [0.29, 0.717) is 23.1 Å². The molecule has 0 bridgehead atoms. The second-order valence-corrected chi connectivity index (χ2v) is 6.85. The first-order chi connectivity index (χ1) is 12.0. The van der Waals surface area contributed by atoms with Gasteiger partial charge < -0.3 is 0 Å². The molecular formula is C19H19Cl2N3O. The third-order valence-electron chi connectivity index (χ3n) is 4.07. The van der Waals surface area contributed by atoms with Crippen molar-refractivity contribution in [3.8, 4) is 0 Å². The van der Waals surface area contributed by atoms with Gasteiger partial charge in [-0.15, -0.1) is 0 Å². The van der Waals surface area contributed by atoms with Crippen molar-refractivity contribution in [1.82, 2.24) is 9.91 Å². The van der Waals surface area contributed by atoms with Crippen LogP contribution in [-0.4, -0.2) is 41.7 Å². The number of amides is 1. The quantitative estimate of drug-likeness (QED) is 0.789. The minimum absolute atomic E-state index is 0.0217. The van der Waals surface area contributed by atoms with Crippen LogP contribution in [0.15, 0.2) is 53.6 Å². The van der Waals surface area contributed by atoms with E-state index in [1.54, 1.807) is 11.1 Å². The van der Waals surface area contributed by atoms with Crippen LogP contribution in [0.25, 0.3) is 0 Å². The molecule has 1 aliphatic rings. The lowest BCUT2D eigenvalue weighted by Gasteiger charge is -2.19. The van der Waals surface area contributed by atoms with Crippen molar-refractivity contribution in [2.24, 2.45) is 5.10 Å². The monoisotopic (exact) mass is 375 g/mol. The highest BCUT2D eigenvalue weighted by molar-refractivity contribution is 6.42. The van der Waals surface area contributed by atoms with Crippen molar-refractivity contribution in [3.63, 3.8) is 0 Å². The Morgan fingerprint density at radius 2 is 1.92 bits per heavy atom. The molecule has 0 aromatic heterocycles. The standard InChI is InChI=1S/C19H19Cl2N3O/c1-23(12-15-8-5-9-16(20)19(15)21)13-18(25)24-11-10-17(22-24)14-6-3-2-4-7-14/h2-9H,10-13H2,1H3. The highest BCUT2D eigenvalue weighted by Gasteiger charge is 2.22. The van der Waals surface area contributed by atoms with Crippen molar-refractivity contribution in [3.05, 3.63) is 69.7 Å². The zero-order chi connectivity index (χ0) is 17.8. The van der Waals surface area contributed by atoms with Crippen LogP contribution in [0.4, 0.5) is 0 Å². The molecule has 0 aliphatic carbocycles. The molecule has 1 heterocycles. The molecule has 6 heteroatoms. The lowest BCUT2D eigenvalue weighted by molar-refractivity contribution is -0.131.